The lowest BCUT2D eigenvalue weighted by atomic mass is 10.1. The van der Waals surface area contributed by atoms with Crippen molar-refractivity contribution in [3.05, 3.63) is 56.6 Å². The molecule has 1 aliphatic carbocycles. The van der Waals surface area contributed by atoms with Crippen molar-refractivity contribution in [3.63, 3.8) is 0 Å². The molecular weight excluding hydrogens is 681 g/mol. The number of nitrogens with one attached hydrogen (secondary N) is 1. The zero-order valence-corrected chi connectivity index (χ0v) is 29.6. The predicted octanol–water partition coefficient (Wildman–Crippen LogP) is 6.47. The summed E-state index contributed by atoms with van der Waals surface area (Å²) in [4.78, 5) is 41.0. The van der Waals surface area contributed by atoms with Gasteiger partial charge >= 0.3 is 16.2 Å². The zero-order valence-electron chi connectivity index (χ0n) is 27.9. The van der Waals surface area contributed by atoms with Gasteiger partial charge in [0.05, 0.1) is 18.0 Å². The van der Waals surface area contributed by atoms with Gasteiger partial charge in [-0.1, -0.05) is 6.07 Å². The summed E-state index contributed by atoms with van der Waals surface area (Å²) < 4.78 is 75.8. The second-order valence-electron chi connectivity index (χ2n) is 13.5. The number of aryl methyl sites for hydroxylation is 1. The molecule has 49 heavy (non-hydrogen) atoms. The van der Waals surface area contributed by atoms with Gasteiger partial charge in [-0.3, -0.25) is 9.59 Å². The molecule has 1 aliphatic heterocycles. The molecule has 0 spiro atoms. The lowest BCUT2D eigenvalue weighted by molar-refractivity contribution is 0.0520. The lowest BCUT2D eigenvalue weighted by Crippen LogP contribution is -2.36. The van der Waals surface area contributed by atoms with Gasteiger partial charge in [-0.15, -0.1) is 11.3 Å². The number of methoxy groups -OCH3 is 1. The van der Waals surface area contributed by atoms with Crippen molar-refractivity contribution in [1.29, 1.82) is 0 Å². The maximum absolute atomic E-state index is 16.2. The average Bonchev–Trinajstić information content (AvgIpc) is 3.62. The van der Waals surface area contributed by atoms with Gasteiger partial charge in [-0.2, -0.15) is 8.42 Å². The molecule has 262 valence electrons. The molecule has 1 saturated heterocycles. The number of carbonyl (C=O) groups is 2. The third kappa shape index (κ3) is 6.57. The van der Waals surface area contributed by atoms with Crippen molar-refractivity contribution in [2.75, 3.05) is 31.6 Å². The molecule has 1 unspecified atom stereocenters. The molecule has 0 bridgehead atoms. The van der Waals surface area contributed by atoms with Crippen LogP contribution < -0.4 is 24.6 Å². The number of thiophene rings is 1. The minimum Gasteiger partial charge on any atom is -0.492 e. The van der Waals surface area contributed by atoms with E-state index in [2.05, 4.69) is 5.32 Å². The van der Waals surface area contributed by atoms with E-state index < -0.39 is 55.3 Å². The number of ether oxygens (including phenoxy) is 2. The first-order chi connectivity index (χ1) is 23.0. The van der Waals surface area contributed by atoms with E-state index in [0.29, 0.717) is 31.6 Å². The molecule has 2 fully saturated rings. The van der Waals surface area contributed by atoms with E-state index in [0.717, 1.165) is 42.4 Å². The molecule has 1 atom stereocenters. The Balaban J connectivity index is 1.48. The molecule has 2 aromatic carbocycles. The van der Waals surface area contributed by atoms with Gasteiger partial charge in [0.25, 0.3) is 0 Å². The Kier molecular flexibility index (Phi) is 8.89. The number of carbonyl (C=O) groups excluding carboxylic acids is 2. The molecule has 6 rings (SSSR count). The highest BCUT2D eigenvalue weighted by atomic mass is 32.2. The minimum absolute atomic E-state index is 0.0146. The smallest absolute Gasteiger partial charge is 0.407 e. The van der Waals surface area contributed by atoms with Gasteiger partial charge in [0.1, 0.15) is 37.1 Å². The number of nitrogens with zero attached hydrogens (tertiary/aromatic N) is 2. The van der Waals surface area contributed by atoms with Gasteiger partial charge in [0.2, 0.25) is 5.43 Å². The number of alkyl carbamates (subject to hydrolysis) is 1. The molecule has 2 aliphatic rings. The normalized spacial score (nSPS) is 16.7. The van der Waals surface area contributed by atoms with E-state index in [-0.39, 0.29) is 49.4 Å². The highest BCUT2D eigenvalue weighted by Gasteiger charge is 2.37. The highest BCUT2D eigenvalue weighted by molar-refractivity contribution is 7.87. The fourth-order valence-corrected chi connectivity index (χ4v) is 8.70. The fraction of sp³-hybridized carbons (Fsp3) is 0.441. The van der Waals surface area contributed by atoms with Gasteiger partial charge in [0.15, 0.2) is 23.1 Å². The van der Waals surface area contributed by atoms with Gasteiger partial charge in [0, 0.05) is 32.6 Å². The molecule has 1 N–H and O–H groups in total. The van der Waals surface area contributed by atoms with Gasteiger partial charge in [-0.25, -0.2) is 13.6 Å². The molecule has 1 saturated carbocycles. The maximum Gasteiger partial charge on any atom is 0.407 e. The van der Waals surface area contributed by atoms with E-state index in [1.54, 1.807) is 20.8 Å². The number of hydrogen-bond acceptors (Lipinski definition) is 10. The average molecular weight is 718 g/mol. The Bertz CT molecular complexity index is 2190. The number of ketones is 1. The number of Topliss-reactive ketones (excluding diaryl/α,β-unsaturated/α-hetero) is 1. The number of fused-ring (bicyclic) bond motifs is 2. The van der Waals surface area contributed by atoms with Crippen LogP contribution in [-0.4, -0.2) is 57.2 Å². The summed E-state index contributed by atoms with van der Waals surface area (Å²) in [7, 11) is -3.32. The van der Waals surface area contributed by atoms with Crippen molar-refractivity contribution in [3.8, 4) is 11.5 Å². The second kappa shape index (κ2) is 12.6. The molecule has 11 nitrogen and oxygen atoms in total. The first kappa shape index (κ1) is 34.6. The van der Waals surface area contributed by atoms with Crippen LogP contribution >= 0.6 is 11.3 Å². The monoisotopic (exact) mass is 717 g/mol. The van der Waals surface area contributed by atoms with E-state index in [1.165, 1.54) is 27.0 Å². The van der Waals surface area contributed by atoms with Crippen molar-refractivity contribution in [2.24, 2.45) is 5.92 Å². The van der Waals surface area contributed by atoms with E-state index in [9.17, 15) is 27.2 Å². The number of anilines is 1. The van der Waals surface area contributed by atoms with Crippen LogP contribution in [0.2, 0.25) is 0 Å². The summed E-state index contributed by atoms with van der Waals surface area (Å²) in [6.07, 6.45) is 1.54. The largest absolute Gasteiger partial charge is 0.492 e. The fourth-order valence-electron chi connectivity index (χ4n) is 6.25. The Morgan fingerprint density at radius 2 is 1.82 bits per heavy atom. The zero-order chi connectivity index (χ0) is 35.6. The van der Waals surface area contributed by atoms with Crippen molar-refractivity contribution >= 4 is 60.1 Å². The number of amides is 1. The highest BCUT2D eigenvalue weighted by Crippen LogP contribution is 2.49. The van der Waals surface area contributed by atoms with Crippen molar-refractivity contribution in [1.82, 2.24) is 9.88 Å². The van der Waals surface area contributed by atoms with Crippen molar-refractivity contribution < 1.29 is 40.4 Å². The van der Waals surface area contributed by atoms with Crippen LogP contribution in [0, 0.1) is 24.5 Å². The van der Waals surface area contributed by atoms with Crippen LogP contribution in [0.5, 0.6) is 11.5 Å². The summed E-state index contributed by atoms with van der Waals surface area (Å²) in [6.45, 7) is 9.18. The number of aromatic nitrogens is 1. The van der Waals surface area contributed by atoms with Crippen LogP contribution in [0.3, 0.4) is 0 Å². The molecule has 1 amide bonds. The quantitative estimate of drug-likeness (QED) is 0.153. The molecule has 3 heterocycles. The topological polar surface area (TPSA) is 133 Å². The standard InChI is InChI=1S/C34H37F2N3O8S2/c1-17-7-8-20(35)13-24(17)49(43,44)47-29-25-28(41)22-14-23(36)27(38-12-11-19(16-38)15-37-33(42)46-34(3,4)5)30(45-6)26(22)39(21-9-10-21)32(25)48-31(29)18(2)40/h7-8,13-14,19,21H,9-12,15-16H2,1-6H3,(H,37,42). The van der Waals surface area contributed by atoms with Crippen LogP contribution in [0.15, 0.2) is 34.0 Å². The third-order valence-corrected chi connectivity index (χ3v) is 11.2. The summed E-state index contributed by atoms with van der Waals surface area (Å²) >= 11 is 0.909. The molecule has 15 heteroatoms. The number of rotatable bonds is 9. The first-order valence-electron chi connectivity index (χ1n) is 15.8. The van der Waals surface area contributed by atoms with Gasteiger partial charge in [-0.05, 0) is 76.6 Å². The lowest BCUT2D eigenvalue weighted by Gasteiger charge is -2.25. The SMILES string of the molecule is COc1c(N2CCC(CNC(=O)OC(C)(C)C)C2)c(F)cc2c(=O)c3c(OS(=O)(=O)c4cc(F)ccc4C)c(C(C)=O)sc3n(C3CC3)c12. The minimum atomic E-state index is -4.71. The number of hydrogen-bond donors (Lipinski definition) is 1. The summed E-state index contributed by atoms with van der Waals surface area (Å²) in [6, 6.07) is 4.16. The Morgan fingerprint density at radius 3 is 2.45 bits per heavy atom. The number of pyridine rings is 1. The number of halogens is 2. The van der Waals surface area contributed by atoms with Crippen LogP contribution in [0.4, 0.5) is 19.3 Å². The Hall–Kier alpha value is -4.24. The van der Waals surface area contributed by atoms with E-state index in [1.807, 2.05) is 9.47 Å². The molecule has 4 aromatic rings. The summed E-state index contributed by atoms with van der Waals surface area (Å²) in [5.41, 5.74) is -0.703. The Labute approximate surface area is 285 Å². The first-order valence-corrected chi connectivity index (χ1v) is 18.1. The number of benzene rings is 2. The van der Waals surface area contributed by atoms with E-state index in [4.69, 9.17) is 13.7 Å². The maximum atomic E-state index is 16.2. The second-order valence-corrected chi connectivity index (χ2v) is 16.0. The summed E-state index contributed by atoms with van der Waals surface area (Å²) in [5, 5.41) is 2.52. The van der Waals surface area contributed by atoms with E-state index >= 15 is 4.39 Å². The summed E-state index contributed by atoms with van der Waals surface area (Å²) in [5.74, 6) is -2.43. The molecule has 0 radical (unpaired) electrons. The third-order valence-electron chi connectivity index (χ3n) is 8.54. The van der Waals surface area contributed by atoms with Crippen LogP contribution in [0.25, 0.3) is 21.1 Å². The van der Waals surface area contributed by atoms with Crippen LogP contribution in [-0.2, 0) is 14.9 Å². The molecular formula is C34H37F2N3O8S2. The predicted molar refractivity (Wildman–Crippen MR) is 182 cm³/mol. The molecule has 2 aromatic heterocycles. The van der Waals surface area contributed by atoms with Crippen molar-refractivity contribution in [2.45, 2.75) is 70.4 Å². The van der Waals surface area contributed by atoms with Gasteiger partial charge < -0.3 is 28.4 Å². The van der Waals surface area contributed by atoms with Crippen LogP contribution in [0.1, 0.15) is 68.2 Å². The Morgan fingerprint density at radius 1 is 1.10 bits per heavy atom.